The standard InChI is InChI=1S/C14H20FNO3S/c1-10-4-2-3-5-13(10)16-20(18,19)14-8-11(9-17)6-7-12(14)15/h6-8,10,13,16-17H,2-5,9H2,1H3. The predicted molar refractivity (Wildman–Crippen MR) is 74.1 cm³/mol. The summed E-state index contributed by atoms with van der Waals surface area (Å²) in [6.07, 6.45) is 3.85. The van der Waals surface area contributed by atoms with Crippen LogP contribution >= 0.6 is 0 Å². The van der Waals surface area contributed by atoms with Crippen molar-refractivity contribution in [3.05, 3.63) is 29.6 Å². The molecule has 1 aromatic rings. The van der Waals surface area contributed by atoms with Crippen molar-refractivity contribution in [3.8, 4) is 0 Å². The molecule has 2 rings (SSSR count). The Hall–Kier alpha value is -0.980. The number of hydrogen-bond acceptors (Lipinski definition) is 3. The van der Waals surface area contributed by atoms with Gasteiger partial charge in [0.2, 0.25) is 10.0 Å². The van der Waals surface area contributed by atoms with E-state index in [2.05, 4.69) is 4.72 Å². The van der Waals surface area contributed by atoms with Gasteiger partial charge in [-0.2, -0.15) is 0 Å². The molecule has 6 heteroatoms. The lowest BCUT2D eigenvalue weighted by Gasteiger charge is -2.29. The van der Waals surface area contributed by atoms with Gasteiger partial charge in [-0.25, -0.2) is 17.5 Å². The maximum absolute atomic E-state index is 13.8. The molecule has 0 aliphatic heterocycles. The molecule has 1 aromatic carbocycles. The zero-order valence-corrected chi connectivity index (χ0v) is 12.3. The lowest BCUT2D eigenvalue weighted by molar-refractivity contribution is 0.281. The molecule has 1 fully saturated rings. The smallest absolute Gasteiger partial charge is 0.243 e. The first kappa shape index (κ1) is 15.4. The number of rotatable bonds is 4. The van der Waals surface area contributed by atoms with Crippen molar-refractivity contribution >= 4 is 10.0 Å². The van der Waals surface area contributed by atoms with Crippen LogP contribution in [0.1, 0.15) is 38.2 Å². The molecular formula is C14H20FNO3S. The summed E-state index contributed by atoms with van der Waals surface area (Å²) in [5.74, 6) is -0.541. The monoisotopic (exact) mass is 301 g/mol. The van der Waals surface area contributed by atoms with Crippen LogP contribution in [0.15, 0.2) is 23.1 Å². The normalized spacial score (nSPS) is 23.8. The van der Waals surface area contributed by atoms with Gasteiger partial charge in [-0.3, -0.25) is 0 Å². The summed E-state index contributed by atoms with van der Waals surface area (Å²) in [6.45, 7) is 1.69. The molecule has 112 valence electrons. The first-order valence-electron chi connectivity index (χ1n) is 6.85. The third kappa shape index (κ3) is 3.37. The van der Waals surface area contributed by atoms with E-state index in [1.54, 1.807) is 0 Å². The average molecular weight is 301 g/mol. The van der Waals surface area contributed by atoms with Gasteiger partial charge in [0.1, 0.15) is 10.7 Å². The molecule has 1 saturated carbocycles. The molecule has 0 spiro atoms. The number of aliphatic hydroxyl groups is 1. The Bertz CT molecular complexity index is 574. The highest BCUT2D eigenvalue weighted by molar-refractivity contribution is 7.89. The Kier molecular flexibility index (Phi) is 4.78. The van der Waals surface area contributed by atoms with Crippen LogP contribution in [-0.4, -0.2) is 19.6 Å². The minimum Gasteiger partial charge on any atom is -0.392 e. The molecule has 0 bridgehead atoms. The van der Waals surface area contributed by atoms with Gasteiger partial charge in [0.05, 0.1) is 6.61 Å². The van der Waals surface area contributed by atoms with Crippen molar-refractivity contribution in [1.82, 2.24) is 4.72 Å². The van der Waals surface area contributed by atoms with E-state index < -0.39 is 15.8 Å². The summed E-state index contributed by atoms with van der Waals surface area (Å²) >= 11 is 0. The van der Waals surface area contributed by atoms with E-state index in [9.17, 15) is 12.8 Å². The van der Waals surface area contributed by atoms with Crippen LogP contribution in [0, 0.1) is 11.7 Å². The molecular weight excluding hydrogens is 281 g/mol. The van der Waals surface area contributed by atoms with Crippen molar-refractivity contribution < 1.29 is 17.9 Å². The van der Waals surface area contributed by atoms with E-state index in [-0.39, 0.29) is 23.5 Å². The van der Waals surface area contributed by atoms with Crippen molar-refractivity contribution in [2.75, 3.05) is 0 Å². The second kappa shape index (κ2) is 6.20. The van der Waals surface area contributed by atoms with Gasteiger partial charge in [-0.1, -0.05) is 25.8 Å². The number of hydrogen-bond donors (Lipinski definition) is 2. The van der Waals surface area contributed by atoms with Gasteiger partial charge < -0.3 is 5.11 Å². The molecule has 2 N–H and O–H groups in total. The van der Waals surface area contributed by atoms with Crippen LogP contribution < -0.4 is 4.72 Å². The molecule has 0 radical (unpaired) electrons. The topological polar surface area (TPSA) is 66.4 Å². The Morgan fingerprint density at radius 2 is 2.05 bits per heavy atom. The molecule has 2 unspecified atom stereocenters. The quantitative estimate of drug-likeness (QED) is 0.895. The zero-order chi connectivity index (χ0) is 14.8. The Morgan fingerprint density at radius 1 is 1.35 bits per heavy atom. The highest BCUT2D eigenvalue weighted by Crippen LogP contribution is 2.26. The first-order valence-corrected chi connectivity index (χ1v) is 8.34. The molecule has 0 heterocycles. The minimum atomic E-state index is -3.89. The number of sulfonamides is 1. The summed E-state index contributed by atoms with van der Waals surface area (Å²) < 4.78 is 41.0. The van der Waals surface area contributed by atoms with Crippen LogP contribution in [0.4, 0.5) is 4.39 Å². The molecule has 1 aliphatic carbocycles. The van der Waals surface area contributed by atoms with Crippen molar-refractivity contribution in [2.45, 2.75) is 50.2 Å². The van der Waals surface area contributed by atoms with Crippen LogP contribution in [0.3, 0.4) is 0 Å². The van der Waals surface area contributed by atoms with Crippen molar-refractivity contribution in [3.63, 3.8) is 0 Å². The number of halogens is 1. The largest absolute Gasteiger partial charge is 0.392 e. The minimum absolute atomic E-state index is 0.147. The zero-order valence-electron chi connectivity index (χ0n) is 11.5. The van der Waals surface area contributed by atoms with Crippen LogP contribution in [0.5, 0.6) is 0 Å². The van der Waals surface area contributed by atoms with E-state index in [1.807, 2.05) is 6.92 Å². The second-order valence-electron chi connectivity index (χ2n) is 5.41. The summed E-state index contributed by atoms with van der Waals surface area (Å²) in [5.41, 5.74) is 0.378. The fourth-order valence-electron chi connectivity index (χ4n) is 2.61. The van der Waals surface area contributed by atoms with E-state index >= 15 is 0 Å². The third-order valence-corrected chi connectivity index (χ3v) is 5.39. The number of aliphatic hydroxyl groups excluding tert-OH is 1. The van der Waals surface area contributed by atoms with E-state index in [0.29, 0.717) is 5.56 Å². The van der Waals surface area contributed by atoms with Crippen LogP contribution in [-0.2, 0) is 16.6 Å². The van der Waals surface area contributed by atoms with Gasteiger partial charge in [-0.15, -0.1) is 0 Å². The lowest BCUT2D eigenvalue weighted by atomic mass is 9.87. The average Bonchev–Trinajstić information content (AvgIpc) is 2.41. The highest BCUT2D eigenvalue weighted by Gasteiger charge is 2.28. The summed E-state index contributed by atoms with van der Waals surface area (Å²) in [4.78, 5) is -0.387. The molecule has 0 amide bonds. The summed E-state index contributed by atoms with van der Waals surface area (Å²) in [6, 6.07) is 3.48. The highest BCUT2D eigenvalue weighted by atomic mass is 32.2. The Labute approximate surface area is 119 Å². The Morgan fingerprint density at radius 3 is 2.70 bits per heavy atom. The maximum Gasteiger partial charge on any atom is 0.243 e. The van der Waals surface area contributed by atoms with E-state index in [1.165, 1.54) is 12.1 Å². The molecule has 0 saturated heterocycles. The fraction of sp³-hybridized carbons (Fsp3) is 0.571. The number of nitrogens with one attached hydrogen (secondary N) is 1. The summed E-state index contributed by atoms with van der Waals surface area (Å²) in [5, 5.41) is 9.04. The molecule has 4 nitrogen and oxygen atoms in total. The van der Waals surface area contributed by atoms with E-state index in [4.69, 9.17) is 5.11 Å². The van der Waals surface area contributed by atoms with Gasteiger partial charge in [0.25, 0.3) is 0 Å². The molecule has 20 heavy (non-hydrogen) atoms. The van der Waals surface area contributed by atoms with Gasteiger partial charge in [-0.05, 0) is 36.5 Å². The Balaban J connectivity index is 2.25. The number of benzene rings is 1. The van der Waals surface area contributed by atoms with Crippen molar-refractivity contribution in [1.29, 1.82) is 0 Å². The SMILES string of the molecule is CC1CCCCC1NS(=O)(=O)c1cc(CO)ccc1F. The first-order chi connectivity index (χ1) is 9.44. The summed E-state index contributed by atoms with van der Waals surface area (Å²) in [7, 11) is -3.89. The molecule has 1 aliphatic rings. The maximum atomic E-state index is 13.8. The van der Waals surface area contributed by atoms with Gasteiger partial charge in [0.15, 0.2) is 0 Å². The third-order valence-electron chi connectivity index (χ3n) is 3.89. The van der Waals surface area contributed by atoms with Crippen molar-refractivity contribution in [2.24, 2.45) is 5.92 Å². The van der Waals surface area contributed by atoms with Crippen LogP contribution in [0.25, 0.3) is 0 Å². The molecule has 0 aromatic heterocycles. The van der Waals surface area contributed by atoms with Crippen LogP contribution in [0.2, 0.25) is 0 Å². The van der Waals surface area contributed by atoms with E-state index in [0.717, 1.165) is 31.7 Å². The fourth-order valence-corrected chi connectivity index (χ4v) is 4.11. The second-order valence-corrected chi connectivity index (χ2v) is 7.09. The molecule has 2 atom stereocenters. The predicted octanol–water partition coefficient (Wildman–Crippen LogP) is 2.17. The van der Waals surface area contributed by atoms with Gasteiger partial charge >= 0.3 is 0 Å². The lowest BCUT2D eigenvalue weighted by Crippen LogP contribution is -2.41. The van der Waals surface area contributed by atoms with Gasteiger partial charge in [0, 0.05) is 6.04 Å².